The average molecular weight is 305 g/mol. The topological polar surface area (TPSA) is 26.3 Å². The van der Waals surface area contributed by atoms with E-state index in [4.69, 9.17) is 4.74 Å². The molecule has 0 spiro atoms. The van der Waals surface area contributed by atoms with Crippen LogP contribution < -0.4 is 0 Å². The first-order valence-corrected chi connectivity index (χ1v) is 7.21. The van der Waals surface area contributed by atoms with Gasteiger partial charge in [0, 0.05) is 6.61 Å². The van der Waals surface area contributed by atoms with Gasteiger partial charge in [-0.15, -0.1) is 11.3 Å². The van der Waals surface area contributed by atoms with Gasteiger partial charge in [-0.1, -0.05) is 26.2 Å². The normalized spacial score (nSPS) is 10.6. The second kappa shape index (κ2) is 7.98. The number of halogens is 1. The standard InChI is InChI=1S/C12H17BrO2S/c1-2-3-4-5-8-15-9-10(14)11-6-7-12(13)16-11/h6-7H,2-5,8-9H2,1H3. The van der Waals surface area contributed by atoms with Gasteiger partial charge in [-0.2, -0.15) is 0 Å². The molecule has 1 rings (SSSR count). The van der Waals surface area contributed by atoms with Gasteiger partial charge in [0.05, 0.1) is 8.66 Å². The fourth-order valence-electron chi connectivity index (χ4n) is 1.33. The van der Waals surface area contributed by atoms with Crippen molar-refractivity contribution in [2.24, 2.45) is 0 Å². The lowest BCUT2D eigenvalue weighted by molar-refractivity contribution is 0.0756. The zero-order chi connectivity index (χ0) is 11.8. The molecule has 90 valence electrons. The quantitative estimate of drug-likeness (QED) is 0.529. The van der Waals surface area contributed by atoms with Gasteiger partial charge >= 0.3 is 0 Å². The Labute approximate surface area is 109 Å². The summed E-state index contributed by atoms with van der Waals surface area (Å²) in [7, 11) is 0. The monoisotopic (exact) mass is 304 g/mol. The van der Waals surface area contributed by atoms with Crippen molar-refractivity contribution in [3.63, 3.8) is 0 Å². The van der Waals surface area contributed by atoms with Crippen LogP contribution in [0.25, 0.3) is 0 Å². The molecule has 0 amide bonds. The molecule has 0 bridgehead atoms. The first-order chi connectivity index (χ1) is 7.74. The van der Waals surface area contributed by atoms with Crippen molar-refractivity contribution in [2.45, 2.75) is 32.6 Å². The molecule has 0 atom stereocenters. The molecule has 4 heteroatoms. The molecule has 16 heavy (non-hydrogen) atoms. The molecule has 0 aliphatic rings. The Morgan fingerprint density at radius 3 is 2.81 bits per heavy atom. The van der Waals surface area contributed by atoms with Crippen molar-refractivity contribution in [2.75, 3.05) is 13.2 Å². The SMILES string of the molecule is CCCCCCOCC(=O)c1ccc(Br)s1. The third-order valence-electron chi connectivity index (χ3n) is 2.22. The van der Waals surface area contributed by atoms with E-state index in [0.717, 1.165) is 15.1 Å². The molecule has 0 saturated carbocycles. The van der Waals surface area contributed by atoms with Crippen LogP contribution in [-0.2, 0) is 4.74 Å². The molecule has 0 saturated heterocycles. The van der Waals surface area contributed by atoms with Crippen LogP contribution in [-0.4, -0.2) is 19.0 Å². The highest BCUT2D eigenvalue weighted by Gasteiger charge is 2.08. The van der Waals surface area contributed by atoms with Crippen LogP contribution in [0.3, 0.4) is 0 Å². The molecule has 0 fully saturated rings. The number of hydrogen-bond acceptors (Lipinski definition) is 3. The van der Waals surface area contributed by atoms with Crippen LogP contribution in [0.4, 0.5) is 0 Å². The number of unbranched alkanes of at least 4 members (excludes halogenated alkanes) is 3. The Morgan fingerprint density at radius 2 is 2.19 bits per heavy atom. The summed E-state index contributed by atoms with van der Waals surface area (Å²) in [6.45, 7) is 3.08. The Bertz CT molecular complexity index is 323. The Kier molecular flexibility index (Phi) is 6.92. The lowest BCUT2D eigenvalue weighted by Crippen LogP contribution is -2.08. The van der Waals surface area contributed by atoms with Crippen molar-refractivity contribution < 1.29 is 9.53 Å². The Morgan fingerprint density at radius 1 is 1.38 bits per heavy atom. The van der Waals surface area contributed by atoms with Crippen molar-refractivity contribution in [3.05, 3.63) is 20.8 Å². The maximum absolute atomic E-state index is 11.6. The summed E-state index contributed by atoms with van der Waals surface area (Å²) in [4.78, 5) is 12.4. The summed E-state index contributed by atoms with van der Waals surface area (Å²) in [6.07, 6.45) is 4.71. The Balaban J connectivity index is 2.11. The molecule has 0 radical (unpaired) electrons. The van der Waals surface area contributed by atoms with Gasteiger partial charge in [-0.25, -0.2) is 0 Å². The maximum atomic E-state index is 11.6. The minimum absolute atomic E-state index is 0.0752. The minimum atomic E-state index is 0.0752. The average Bonchev–Trinajstić information content (AvgIpc) is 2.70. The maximum Gasteiger partial charge on any atom is 0.198 e. The number of thiophene rings is 1. The van der Waals surface area contributed by atoms with Gasteiger partial charge in [0.2, 0.25) is 0 Å². The summed E-state index contributed by atoms with van der Waals surface area (Å²) in [5.74, 6) is 0.0752. The number of rotatable bonds is 8. The highest BCUT2D eigenvalue weighted by Crippen LogP contribution is 2.22. The lowest BCUT2D eigenvalue weighted by Gasteiger charge is -2.01. The highest BCUT2D eigenvalue weighted by molar-refractivity contribution is 9.11. The number of hydrogen-bond donors (Lipinski definition) is 0. The number of Topliss-reactive ketones (excluding diaryl/α,β-unsaturated/α-hetero) is 1. The molecule has 0 unspecified atom stereocenters. The van der Waals surface area contributed by atoms with E-state index in [9.17, 15) is 4.79 Å². The molecule has 0 aromatic carbocycles. The first-order valence-electron chi connectivity index (χ1n) is 5.60. The van der Waals surface area contributed by atoms with E-state index < -0.39 is 0 Å². The van der Waals surface area contributed by atoms with Gasteiger partial charge in [0.25, 0.3) is 0 Å². The third-order valence-corrected chi connectivity index (χ3v) is 3.89. The fourth-order valence-corrected chi connectivity index (χ4v) is 2.64. The van der Waals surface area contributed by atoms with Gasteiger partial charge in [-0.05, 0) is 34.5 Å². The number of carbonyl (C=O) groups is 1. The molecular formula is C12H17BrO2S. The van der Waals surface area contributed by atoms with Crippen molar-refractivity contribution in [3.8, 4) is 0 Å². The number of ether oxygens (including phenoxy) is 1. The summed E-state index contributed by atoms with van der Waals surface area (Å²) >= 11 is 4.79. The van der Waals surface area contributed by atoms with E-state index in [1.54, 1.807) is 0 Å². The number of ketones is 1. The zero-order valence-corrected chi connectivity index (χ0v) is 11.9. The first kappa shape index (κ1) is 13.9. The largest absolute Gasteiger partial charge is 0.373 e. The van der Waals surface area contributed by atoms with Crippen molar-refractivity contribution in [1.82, 2.24) is 0 Å². The molecular weight excluding hydrogens is 288 g/mol. The van der Waals surface area contributed by atoms with E-state index in [0.29, 0.717) is 6.61 Å². The molecule has 1 aromatic heterocycles. The third kappa shape index (κ3) is 5.23. The van der Waals surface area contributed by atoms with E-state index in [1.165, 1.54) is 30.6 Å². The van der Waals surface area contributed by atoms with Gasteiger partial charge in [0.15, 0.2) is 5.78 Å². The summed E-state index contributed by atoms with van der Waals surface area (Å²) in [5.41, 5.74) is 0. The van der Waals surface area contributed by atoms with Crippen molar-refractivity contribution >= 4 is 33.0 Å². The molecule has 0 aliphatic heterocycles. The summed E-state index contributed by atoms with van der Waals surface area (Å²) < 4.78 is 6.33. The highest BCUT2D eigenvalue weighted by atomic mass is 79.9. The minimum Gasteiger partial charge on any atom is -0.373 e. The van der Waals surface area contributed by atoms with E-state index in [2.05, 4.69) is 22.9 Å². The predicted octanol–water partition coefficient (Wildman–Crippen LogP) is 4.29. The van der Waals surface area contributed by atoms with E-state index in [-0.39, 0.29) is 12.4 Å². The van der Waals surface area contributed by atoms with Gasteiger partial charge < -0.3 is 4.74 Å². The Hall–Kier alpha value is -0.190. The number of carbonyl (C=O) groups excluding carboxylic acids is 1. The summed E-state index contributed by atoms with van der Waals surface area (Å²) in [6, 6.07) is 3.72. The van der Waals surface area contributed by atoms with Gasteiger partial charge in [0.1, 0.15) is 6.61 Å². The fraction of sp³-hybridized carbons (Fsp3) is 0.583. The summed E-state index contributed by atoms with van der Waals surface area (Å²) in [5, 5.41) is 0. The molecule has 0 N–H and O–H groups in total. The predicted molar refractivity (Wildman–Crippen MR) is 71.3 cm³/mol. The molecule has 1 aromatic rings. The van der Waals surface area contributed by atoms with E-state index >= 15 is 0 Å². The smallest absolute Gasteiger partial charge is 0.198 e. The molecule has 1 heterocycles. The van der Waals surface area contributed by atoms with Crippen LogP contribution in [0.1, 0.15) is 42.3 Å². The van der Waals surface area contributed by atoms with Crippen molar-refractivity contribution in [1.29, 1.82) is 0 Å². The van der Waals surface area contributed by atoms with Crippen LogP contribution in [0, 0.1) is 0 Å². The molecule has 2 nitrogen and oxygen atoms in total. The zero-order valence-electron chi connectivity index (χ0n) is 9.50. The second-order valence-corrected chi connectivity index (χ2v) is 6.10. The van der Waals surface area contributed by atoms with Crippen LogP contribution >= 0.6 is 27.3 Å². The van der Waals surface area contributed by atoms with Crippen LogP contribution in [0.5, 0.6) is 0 Å². The second-order valence-electron chi connectivity index (χ2n) is 3.64. The molecule has 0 aliphatic carbocycles. The van der Waals surface area contributed by atoms with E-state index in [1.807, 2.05) is 12.1 Å². The van der Waals surface area contributed by atoms with Crippen LogP contribution in [0.2, 0.25) is 0 Å². The van der Waals surface area contributed by atoms with Crippen LogP contribution in [0.15, 0.2) is 15.9 Å². The lowest BCUT2D eigenvalue weighted by atomic mass is 10.2. The van der Waals surface area contributed by atoms with Gasteiger partial charge in [-0.3, -0.25) is 4.79 Å².